The number of nitrogens with two attached hydrogens (primary N) is 1. The van der Waals surface area contributed by atoms with E-state index in [9.17, 15) is 9.59 Å². The van der Waals surface area contributed by atoms with Crippen molar-refractivity contribution in [3.63, 3.8) is 0 Å². The number of primary amides is 1. The van der Waals surface area contributed by atoms with Crippen LogP contribution < -0.4 is 11.1 Å². The maximum atomic E-state index is 11.6. The van der Waals surface area contributed by atoms with Crippen LogP contribution in [0.3, 0.4) is 0 Å². The first-order chi connectivity index (χ1) is 9.58. The number of benzene rings is 1. The number of rotatable bonds is 8. The summed E-state index contributed by atoms with van der Waals surface area (Å²) in [6, 6.07) is 10.2. The summed E-state index contributed by atoms with van der Waals surface area (Å²) >= 11 is 0. The monoisotopic (exact) mass is 274 g/mol. The standard InChI is InChI=1S/C16H22N2O2/c1-13(9-10-14-6-3-2-4-7-14)12-16(20)18-11-5-8-15(17)19/h2-4,6-7,12H,5,8-11H2,1H3,(H2,17,19)(H,18,20)/b13-12-. The van der Waals surface area contributed by atoms with Crippen molar-refractivity contribution in [2.24, 2.45) is 5.73 Å². The maximum Gasteiger partial charge on any atom is 0.243 e. The number of amides is 2. The Hall–Kier alpha value is -2.10. The molecular formula is C16H22N2O2. The van der Waals surface area contributed by atoms with Gasteiger partial charge in [-0.15, -0.1) is 0 Å². The van der Waals surface area contributed by atoms with Crippen LogP contribution in [0.15, 0.2) is 42.0 Å². The Kier molecular flexibility index (Phi) is 7.11. The third-order valence-electron chi connectivity index (χ3n) is 2.93. The molecule has 108 valence electrons. The Labute approximate surface area is 120 Å². The average Bonchev–Trinajstić information content (AvgIpc) is 2.42. The number of allylic oxidation sites excluding steroid dienone is 1. The topological polar surface area (TPSA) is 72.2 Å². The minimum absolute atomic E-state index is 0.111. The molecule has 0 heterocycles. The van der Waals surface area contributed by atoms with Crippen molar-refractivity contribution in [2.75, 3.05) is 6.54 Å². The summed E-state index contributed by atoms with van der Waals surface area (Å²) in [6.45, 7) is 2.43. The largest absolute Gasteiger partial charge is 0.370 e. The van der Waals surface area contributed by atoms with Gasteiger partial charge in [-0.25, -0.2) is 0 Å². The van der Waals surface area contributed by atoms with Gasteiger partial charge < -0.3 is 11.1 Å². The van der Waals surface area contributed by atoms with Crippen molar-refractivity contribution < 1.29 is 9.59 Å². The van der Waals surface area contributed by atoms with Gasteiger partial charge in [0, 0.05) is 19.0 Å². The molecular weight excluding hydrogens is 252 g/mol. The van der Waals surface area contributed by atoms with E-state index in [2.05, 4.69) is 17.4 Å². The molecule has 0 bridgehead atoms. The molecule has 0 radical (unpaired) electrons. The van der Waals surface area contributed by atoms with Gasteiger partial charge in [-0.1, -0.05) is 35.9 Å². The smallest absolute Gasteiger partial charge is 0.243 e. The van der Waals surface area contributed by atoms with Crippen LogP contribution in [0.2, 0.25) is 0 Å². The lowest BCUT2D eigenvalue weighted by molar-refractivity contribution is -0.119. The molecule has 0 aromatic heterocycles. The first-order valence-corrected chi connectivity index (χ1v) is 6.85. The molecule has 0 atom stereocenters. The molecule has 4 heteroatoms. The van der Waals surface area contributed by atoms with Gasteiger partial charge in [0.2, 0.25) is 11.8 Å². The summed E-state index contributed by atoms with van der Waals surface area (Å²) in [5, 5.41) is 2.74. The highest BCUT2D eigenvalue weighted by Gasteiger charge is 2.00. The van der Waals surface area contributed by atoms with E-state index < -0.39 is 0 Å². The van der Waals surface area contributed by atoms with Crippen LogP contribution >= 0.6 is 0 Å². The molecule has 0 aliphatic carbocycles. The second-order valence-corrected chi connectivity index (χ2v) is 4.84. The number of hydrogen-bond acceptors (Lipinski definition) is 2. The molecule has 0 aliphatic rings. The zero-order valence-electron chi connectivity index (χ0n) is 11.9. The Morgan fingerprint density at radius 1 is 1.20 bits per heavy atom. The molecule has 4 nitrogen and oxygen atoms in total. The number of carbonyl (C=O) groups excluding carboxylic acids is 2. The minimum atomic E-state index is -0.339. The first-order valence-electron chi connectivity index (χ1n) is 6.85. The molecule has 1 aromatic rings. The molecule has 0 saturated carbocycles. The molecule has 1 aromatic carbocycles. The van der Waals surface area contributed by atoms with Gasteiger partial charge in [0.05, 0.1) is 0 Å². The molecule has 0 fully saturated rings. The number of aryl methyl sites for hydroxylation is 1. The van der Waals surface area contributed by atoms with E-state index in [1.54, 1.807) is 6.08 Å². The van der Waals surface area contributed by atoms with Crippen LogP contribution in [0.1, 0.15) is 31.7 Å². The zero-order valence-corrected chi connectivity index (χ0v) is 11.9. The lowest BCUT2D eigenvalue weighted by Crippen LogP contribution is -2.24. The Bertz CT molecular complexity index is 467. The van der Waals surface area contributed by atoms with Crippen LogP contribution in [0.4, 0.5) is 0 Å². The molecule has 0 saturated heterocycles. The van der Waals surface area contributed by atoms with Crippen molar-refractivity contribution in [3.8, 4) is 0 Å². The predicted octanol–water partition coefficient (Wildman–Crippen LogP) is 1.95. The van der Waals surface area contributed by atoms with E-state index in [1.165, 1.54) is 5.56 Å². The number of carbonyl (C=O) groups is 2. The van der Waals surface area contributed by atoms with E-state index in [1.807, 2.05) is 25.1 Å². The highest BCUT2D eigenvalue weighted by Crippen LogP contribution is 2.08. The lowest BCUT2D eigenvalue weighted by Gasteiger charge is -2.04. The normalized spacial score (nSPS) is 11.2. The van der Waals surface area contributed by atoms with Gasteiger partial charge in [0.15, 0.2) is 0 Å². The van der Waals surface area contributed by atoms with Crippen LogP contribution in [0.5, 0.6) is 0 Å². The Balaban J connectivity index is 2.25. The molecule has 20 heavy (non-hydrogen) atoms. The summed E-state index contributed by atoms with van der Waals surface area (Å²) in [5.41, 5.74) is 7.33. The molecule has 2 amide bonds. The molecule has 3 N–H and O–H groups in total. The quantitative estimate of drug-likeness (QED) is 0.562. The highest BCUT2D eigenvalue weighted by molar-refractivity contribution is 5.88. The summed E-state index contributed by atoms with van der Waals surface area (Å²) in [4.78, 5) is 22.1. The fourth-order valence-corrected chi connectivity index (χ4v) is 1.81. The second-order valence-electron chi connectivity index (χ2n) is 4.84. The highest BCUT2D eigenvalue weighted by atomic mass is 16.1. The molecule has 0 spiro atoms. The summed E-state index contributed by atoms with van der Waals surface area (Å²) < 4.78 is 0. The van der Waals surface area contributed by atoms with Crippen molar-refractivity contribution in [2.45, 2.75) is 32.6 Å². The summed E-state index contributed by atoms with van der Waals surface area (Å²) in [7, 11) is 0. The fraction of sp³-hybridized carbons (Fsp3) is 0.375. The second kappa shape index (κ2) is 8.91. The number of hydrogen-bond donors (Lipinski definition) is 2. The van der Waals surface area contributed by atoms with E-state index in [4.69, 9.17) is 5.73 Å². The fourth-order valence-electron chi connectivity index (χ4n) is 1.81. The molecule has 0 unspecified atom stereocenters. The van der Waals surface area contributed by atoms with Gasteiger partial charge in [-0.05, 0) is 31.7 Å². The van der Waals surface area contributed by atoms with Crippen molar-refractivity contribution >= 4 is 11.8 Å². The van der Waals surface area contributed by atoms with E-state index >= 15 is 0 Å². The van der Waals surface area contributed by atoms with Crippen LogP contribution in [0.25, 0.3) is 0 Å². The van der Waals surface area contributed by atoms with E-state index in [-0.39, 0.29) is 11.8 Å². The van der Waals surface area contributed by atoms with E-state index in [0.717, 1.165) is 18.4 Å². The first kappa shape index (κ1) is 16.0. The molecule has 0 aliphatic heterocycles. The van der Waals surface area contributed by atoms with Crippen molar-refractivity contribution in [3.05, 3.63) is 47.5 Å². The Morgan fingerprint density at radius 2 is 1.90 bits per heavy atom. The zero-order chi connectivity index (χ0) is 14.8. The third kappa shape index (κ3) is 7.36. The molecule has 1 rings (SSSR count). The predicted molar refractivity (Wildman–Crippen MR) is 80.0 cm³/mol. The third-order valence-corrected chi connectivity index (χ3v) is 2.93. The van der Waals surface area contributed by atoms with Gasteiger partial charge in [-0.3, -0.25) is 9.59 Å². The van der Waals surface area contributed by atoms with Crippen LogP contribution in [-0.2, 0) is 16.0 Å². The average molecular weight is 274 g/mol. The van der Waals surface area contributed by atoms with Crippen LogP contribution in [0, 0.1) is 0 Å². The minimum Gasteiger partial charge on any atom is -0.370 e. The Morgan fingerprint density at radius 3 is 2.55 bits per heavy atom. The van der Waals surface area contributed by atoms with Gasteiger partial charge in [0.1, 0.15) is 0 Å². The maximum absolute atomic E-state index is 11.6. The van der Waals surface area contributed by atoms with Crippen molar-refractivity contribution in [1.29, 1.82) is 0 Å². The van der Waals surface area contributed by atoms with E-state index in [0.29, 0.717) is 19.4 Å². The summed E-state index contributed by atoms with van der Waals surface area (Å²) in [6.07, 6.45) is 4.29. The van der Waals surface area contributed by atoms with Gasteiger partial charge in [-0.2, -0.15) is 0 Å². The summed E-state index contributed by atoms with van der Waals surface area (Å²) in [5.74, 6) is -0.450. The van der Waals surface area contributed by atoms with Crippen LogP contribution in [-0.4, -0.2) is 18.4 Å². The van der Waals surface area contributed by atoms with Crippen molar-refractivity contribution in [1.82, 2.24) is 5.32 Å². The lowest BCUT2D eigenvalue weighted by atomic mass is 10.1. The van der Waals surface area contributed by atoms with Gasteiger partial charge >= 0.3 is 0 Å². The number of nitrogens with one attached hydrogen (secondary N) is 1. The SMILES string of the molecule is C/C(=C/C(=O)NCCCC(N)=O)CCc1ccccc1. The van der Waals surface area contributed by atoms with Gasteiger partial charge in [0.25, 0.3) is 0 Å².